The van der Waals surface area contributed by atoms with Crippen LogP contribution in [0.1, 0.15) is 98.3 Å². The molecule has 29 heavy (non-hydrogen) atoms. The summed E-state index contributed by atoms with van der Waals surface area (Å²) >= 11 is 0. The summed E-state index contributed by atoms with van der Waals surface area (Å²) in [5.74, 6) is 5.62. The van der Waals surface area contributed by atoms with E-state index in [1.165, 1.54) is 64.2 Å². The van der Waals surface area contributed by atoms with E-state index < -0.39 is 0 Å². The second-order valence-electron chi connectivity index (χ2n) is 12.9. The number of ether oxygens (including phenoxy) is 2. The van der Waals surface area contributed by atoms with Gasteiger partial charge in [-0.05, 0) is 97.7 Å². The van der Waals surface area contributed by atoms with E-state index >= 15 is 0 Å². The first-order valence-corrected chi connectivity index (χ1v) is 13.2. The van der Waals surface area contributed by atoms with Crippen LogP contribution < -0.4 is 0 Å². The van der Waals surface area contributed by atoms with E-state index in [9.17, 15) is 0 Å². The second-order valence-corrected chi connectivity index (χ2v) is 12.9. The monoisotopic (exact) mass is 400 g/mol. The van der Waals surface area contributed by atoms with E-state index in [-0.39, 0.29) is 5.79 Å². The molecular formula is C27H44O2. The third-order valence-corrected chi connectivity index (χ3v) is 11.9. The highest BCUT2D eigenvalue weighted by molar-refractivity contribution is 5.15. The van der Waals surface area contributed by atoms with Crippen molar-refractivity contribution in [1.29, 1.82) is 0 Å². The third kappa shape index (κ3) is 2.54. The van der Waals surface area contributed by atoms with Crippen LogP contribution in [0.5, 0.6) is 0 Å². The van der Waals surface area contributed by atoms with Gasteiger partial charge in [0.05, 0.1) is 12.7 Å². The first-order valence-electron chi connectivity index (χ1n) is 13.2. The van der Waals surface area contributed by atoms with Gasteiger partial charge in [0, 0.05) is 12.3 Å². The van der Waals surface area contributed by atoms with Gasteiger partial charge in [0.1, 0.15) is 0 Å². The van der Waals surface area contributed by atoms with Gasteiger partial charge < -0.3 is 9.47 Å². The van der Waals surface area contributed by atoms with E-state index in [0.29, 0.717) is 28.8 Å². The molecule has 4 saturated carbocycles. The van der Waals surface area contributed by atoms with Gasteiger partial charge in [-0.3, -0.25) is 0 Å². The van der Waals surface area contributed by atoms with Gasteiger partial charge >= 0.3 is 0 Å². The Kier molecular flexibility index (Phi) is 4.37. The molecular weight excluding hydrogens is 356 g/mol. The molecule has 2 nitrogen and oxygen atoms in total. The van der Waals surface area contributed by atoms with Gasteiger partial charge in [-0.2, -0.15) is 0 Å². The van der Waals surface area contributed by atoms with Crippen LogP contribution in [0.2, 0.25) is 0 Å². The highest BCUT2D eigenvalue weighted by Crippen LogP contribution is 2.71. The molecule has 6 fully saturated rings. The standard InChI is InChI=1S/C27H44O2/c1-17-10-14-27(28-16-17)18(2)24-23(29-27)15-22-20-9-8-19-7-5-6-12-25(19,3)21(20)11-13-26(22,24)4/h17-24H,5-16H2,1-4H3/t17-,18+,19-,20-,21-,22-,23-,24+,25+,26-,27-/m1/s1. The minimum Gasteiger partial charge on any atom is -0.349 e. The van der Waals surface area contributed by atoms with Crippen LogP contribution in [0.15, 0.2) is 0 Å². The van der Waals surface area contributed by atoms with Crippen molar-refractivity contribution in [3.63, 3.8) is 0 Å². The fourth-order valence-corrected chi connectivity index (χ4v) is 10.3. The minimum atomic E-state index is -0.250. The summed E-state index contributed by atoms with van der Waals surface area (Å²) in [6.45, 7) is 11.1. The minimum absolute atomic E-state index is 0.250. The normalized spacial score (nSPS) is 61.7. The SMILES string of the molecule is C[C@@H]1CC[C@@]2(OC1)O[C@@H]1C[C@@H]3[C@@H]4CC[C@H]5CCCC[C@]5(C)[C@@H]4CC[C@@]3(C)[C@H]1[C@@H]2C. The molecule has 0 bridgehead atoms. The maximum Gasteiger partial charge on any atom is 0.171 e. The first kappa shape index (κ1) is 19.6. The van der Waals surface area contributed by atoms with Crippen molar-refractivity contribution >= 4 is 0 Å². The van der Waals surface area contributed by atoms with Crippen LogP contribution in [0.3, 0.4) is 0 Å². The summed E-state index contributed by atoms with van der Waals surface area (Å²) < 4.78 is 13.4. The summed E-state index contributed by atoms with van der Waals surface area (Å²) in [5.41, 5.74) is 1.13. The van der Waals surface area contributed by atoms with Gasteiger partial charge in [0.15, 0.2) is 5.79 Å². The summed E-state index contributed by atoms with van der Waals surface area (Å²) in [6, 6.07) is 0. The molecule has 0 aromatic carbocycles. The highest BCUT2D eigenvalue weighted by atomic mass is 16.7. The molecule has 6 rings (SSSR count). The van der Waals surface area contributed by atoms with Crippen molar-refractivity contribution < 1.29 is 9.47 Å². The molecule has 0 aromatic heterocycles. The number of fused-ring (bicyclic) bond motifs is 7. The average molecular weight is 401 g/mol. The van der Waals surface area contributed by atoms with Crippen molar-refractivity contribution in [2.45, 2.75) is 110 Å². The van der Waals surface area contributed by atoms with Gasteiger partial charge in [-0.1, -0.05) is 40.5 Å². The van der Waals surface area contributed by atoms with E-state index in [2.05, 4.69) is 27.7 Å². The van der Waals surface area contributed by atoms with E-state index in [1.807, 2.05) is 0 Å². The third-order valence-electron chi connectivity index (χ3n) is 11.9. The number of hydrogen-bond donors (Lipinski definition) is 0. The summed E-state index contributed by atoms with van der Waals surface area (Å²) in [4.78, 5) is 0. The fourth-order valence-electron chi connectivity index (χ4n) is 10.3. The quantitative estimate of drug-likeness (QED) is 0.444. The Labute approximate surface area is 178 Å². The smallest absolute Gasteiger partial charge is 0.171 e. The van der Waals surface area contributed by atoms with Crippen molar-refractivity contribution in [2.24, 2.45) is 52.3 Å². The molecule has 6 aliphatic rings. The predicted molar refractivity (Wildman–Crippen MR) is 116 cm³/mol. The van der Waals surface area contributed by atoms with Crippen molar-refractivity contribution in [3.05, 3.63) is 0 Å². The maximum absolute atomic E-state index is 6.92. The molecule has 1 spiro atoms. The predicted octanol–water partition coefficient (Wildman–Crippen LogP) is 6.82. The van der Waals surface area contributed by atoms with Crippen LogP contribution in [0.4, 0.5) is 0 Å². The molecule has 2 heteroatoms. The Bertz CT molecular complexity index is 651. The van der Waals surface area contributed by atoms with E-state index in [1.54, 1.807) is 0 Å². The van der Waals surface area contributed by atoms with Gasteiger partial charge in [-0.25, -0.2) is 0 Å². The fraction of sp³-hybridized carbons (Fsp3) is 1.00. The Balaban J connectivity index is 1.27. The highest BCUT2D eigenvalue weighted by Gasteiger charge is 2.68. The lowest BCUT2D eigenvalue weighted by Crippen LogP contribution is -2.54. The molecule has 2 saturated heterocycles. The molecule has 164 valence electrons. The van der Waals surface area contributed by atoms with E-state index in [4.69, 9.17) is 9.47 Å². The van der Waals surface area contributed by atoms with Gasteiger partial charge in [0.2, 0.25) is 0 Å². The number of hydrogen-bond acceptors (Lipinski definition) is 2. The average Bonchev–Trinajstić information content (AvgIpc) is 3.15. The zero-order chi connectivity index (χ0) is 20.0. The summed E-state index contributed by atoms with van der Waals surface area (Å²) in [7, 11) is 0. The molecule has 2 aliphatic heterocycles. The van der Waals surface area contributed by atoms with Crippen LogP contribution in [0, 0.1) is 52.3 Å². The Morgan fingerprint density at radius 3 is 2.45 bits per heavy atom. The second kappa shape index (κ2) is 6.47. The molecule has 4 aliphatic carbocycles. The zero-order valence-corrected chi connectivity index (χ0v) is 19.4. The summed E-state index contributed by atoms with van der Waals surface area (Å²) in [6.07, 6.45) is 16.2. The molecule has 0 unspecified atom stereocenters. The molecule has 11 atom stereocenters. The van der Waals surface area contributed by atoms with Crippen molar-refractivity contribution in [1.82, 2.24) is 0 Å². The Morgan fingerprint density at radius 1 is 0.793 bits per heavy atom. The van der Waals surface area contributed by atoms with Gasteiger partial charge in [0.25, 0.3) is 0 Å². The molecule has 0 amide bonds. The maximum atomic E-state index is 6.92. The molecule has 2 heterocycles. The van der Waals surface area contributed by atoms with E-state index in [0.717, 1.165) is 42.6 Å². The van der Waals surface area contributed by atoms with Crippen molar-refractivity contribution in [3.8, 4) is 0 Å². The van der Waals surface area contributed by atoms with Gasteiger partial charge in [-0.15, -0.1) is 0 Å². The number of rotatable bonds is 0. The first-order chi connectivity index (χ1) is 13.9. The van der Waals surface area contributed by atoms with Crippen LogP contribution in [-0.4, -0.2) is 18.5 Å². The zero-order valence-electron chi connectivity index (χ0n) is 19.4. The van der Waals surface area contributed by atoms with Crippen molar-refractivity contribution in [2.75, 3.05) is 6.61 Å². The van der Waals surface area contributed by atoms with Crippen LogP contribution >= 0.6 is 0 Å². The lowest BCUT2D eigenvalue weighted by atomic mass is 9.44. The lowest BCUT2D eigenvalue weighted by Gasteiger charge is -2.61. The Morgan fingerprint density at radius 2 is 1.66 bits per heavy atom. The summed E-state index contributed by atoms with van der Waals surface area (Å²) in [5, 5.41) is 0. The largest absolute Gasteiger partial charge is 0.349 e. The molecule has 0 radical (unpaired) electrons. The van der Waals surface area contributed by atoms with Crippen LogP contribution in [-0.2, 0) is 9.47 Å². The topological polar surface area (TPSA) is 18.5 Å². The molecule has 0 N–H and O–H groups in total. The lowest BCUT2D eigenvalue weighted by molar-refractivity contribution is -0.273. The Hall–Kier alpha value is -0.0800. The molecule has 0 aromatic rings. The van der Waals surface area contributed by atoms with Crippen LogP contribution in [0.25, 0.3) is 0 Å².